The van der Waals surface area contributed by atoms with Gasteiger partial charge < -0.3 is 10.1 Å². The van der Waals surface area contributed by atoms with E-state index in [2.05, 4.69) is 5.32 Å². The number of hydrogen-bond donors (Lipinski definition) is 1. The number of ether oxygens (including phenoxy) is 1. The van der Waals surface area contributed by atoms with Gasteiger partial charge in [0.25, 0.3) is 0 Å². The molecule has 0 unspecified atom stereocenters. The zero-order valence-corrected chi connectivity index (χ0v) is 15.0. The van der Waals surface area contributed by atoms with Crippen LogP contribution >= 0.6 is 11.6 Å². The Morgan fingerprint density at radius 2 is 1.67 bits per heavy atom. The standard InChI is InChI=1S/C18H20ClNO3S/c1-23-18-7-6-16(12-17(18)13-8-10-20-11-9-13)24(21,22)15-4-2-14(19)3-5-15/h2-7,12-13,20H,8-11H2,1H3. The molecule has 0 saturated carbocycles. The highest BCUT2D eigenvalue weighted by atomic mass is 35.5. The molecule has 0 amide bonds. The molecule has 1 saturated heterocycles. The van der Waals surface area contributed by atoms with Crippen molar-refractivity contribution in [3.63, 3.8) is 0 Å². The molecule has 1 aliphatic rings. The summed E-state index contributed by atoms with van der Waals surface area (Å²) in [4.78, 5) is 0.535. The molecule has 24 heavy (non-hydrogen) atoms. The van der Waals surface area contributed by atoms with Gasteiger partial charge in [0.05, 0.1) is 16.9 Å². The third-order valence-corrected chi connectivity index (χ3v) is 6.43. The smallest absolute Gasteiger partial charge is 0.206 e. The van der Waals surface area contributed by atoms with Crippen molar-refractivity contribution in [3.8, 4) is 5.75 Å². The molecular weight excluding hydrogens is 346 g/mol. The van der Waals surface area contributed by atoms with E-state index in [-0.39, 0.29) is 4.90 Å². The van der Waals surface area contributed by atoms with Gasteiger partial charge in [-0.3, -0.25) is 0 Å². The Morgan fingerprint density at radius 3 is 2.29 bits per heavy atom. The minimum absolute atomic E-state index is 0.244. The molecule has 2 aromatic carbocycles. The lowest BCUT2D eigenvalue weighted by molar-refractivity contribution is 0.391. The van der Waals surface area contributed by atoms with Crippen LogP contribution in [0.15, 0.2) is 52.3 Å². The molecule has 6 heteroatoms. The second kappa shape index (κ2) is 7.13. The van der Waals surface area contributed by atoms with Gasteiger partial charge in [-0.1, -0.05) is 11.6 Å². The number of hydrogen-bond acceptors (Lipinski definition) is 4. The summed E-state index contributed by atoms with van der Waals surface area (Å²) in [5, 5.41) is 3.84. The van der Waals surface area contributed by atoms with Crippen molar-refractivity contribution in [2.24, 2.45) is 0 Å². The average Bonchev–Trinajstić information content (AvgIpc) is 2.62. The van der Waals surface area contributed by atoms with Crippen LogP contribution < -0.4 is 10.1 Å². The van der Waals surface area contributed by atoms with Gasteiger partial charge in [0.2, 0.25) is 9.84 Å². The van der Waals surface area contributed by atoms with E-state index in [1.807, 2.05) is 0 Å². The molecule has 0 bridgehead atoms. The van der Waals surface area contributed by atoms with Crippen LogP contribution in [0, 0.1) is 0 Å². The maximum Gasteiger partial charge on any atom is 0.206 e. The van der Waals surface area contributed by atoms with Crippen LogP contribution in [0.1, 0.15) is 24.3 Å². The third kappa shape index (κ3) is 3.43. The fraction of sp³-hybridized carbons (Fsp3) is 0.333. The first-order valence-corrected chi connectivity index (χ1v) is 9.78. The molecule has 128 valence electrons. The largest absolute Gasteiger partial charge is 0.496 e. The summed E-state index contributed by atoms with van der Waals surface area (Å²) in [6, 6.07) is 11.4. The maximum absolute atomic E-state index is 12.9. The second-order valence-electron chi connectivity index (χ2n) is 5.89. The highest BCUT2D eigenvalue weighted by Crippen LogP contribution is 2.35. The van der Waals surface area contributed by atoms with Crippen molar-refractivity contribution in [3.05, 3.63) is 53.1 Å². The molecule has 1 heterocycles. The van der Waals surface area contributed by atoms with Crippen LogP contribution in [0.25, 0.3) is 0 Å². The number of halogens is 1. The number of benzene rings is 2. The van der Waals surface area contributed by atoms with Gasteiger partial charge in [-0.25, -0.2) is 8.42 Å². The lowest BCUT2D eigenvalue weighted by Crippen LogP contribution is -2.27. The molecule has 1 fully saturated rings. The quantitative estimate of drug-likeness (QED) is 0.898. The lowest BCUT2D eigenvalue weighted by Gasteiger charge is -2.25. The van der Waals surface area contributed by atoms with Crippen molar-refractivity contribution in [1.82, 2.24) is 5.32 Å². The Labute approximate surface area is 147 Å². The Kier molecular flexibility index (Phi) is 5.13. The van der Waals surface area contributed by atoms with Crippen LogP contribution in [-0.4, -0.2) is 28.6 Å². The number of nitrogens with one attached hydrogen (secondary N) is 1. The molecule has 1 N–H and O–H groups in total. The molecule has 0 aromatic heterocycles. The van der Waals surface area contributed by atoms with Gasteiger partial charge in [-0.05, 0) is 79.9 Å². The van der Waals surface area contributed by atoms with Crippen molar-refractivity contribution < 1.29 is 13.2 Å². The van der Waals surface area contributed by atoms with Crippen LogP contribution in [-0.2, 0) is 9.84 Å². The first-order valence-electron chi connectivity index (χ1n) is 7.91. The summed E-state index contributed by atoms with van der Waals surface area (Å²) in [5.74, 6) is 1.05. The lowest BCUT2D eigenvalue weighted by atomic mass is 9.89. The normalized spacial score (nSPS) is 16.1. The van der Waals surface area contributed by atoms with Crippen molar-refractivity contribution in [2.75, 3.05) is 20.2 Å². The fourth-order valence-corrected chi connectivity index (χ4v) is 4.50. The predicted molar refractivity (Wildman–Crippen MR) is 94.7 cm³/mol. The minimum atomic E-state index is -3.57. The molecular formula is C18H20ClNO3S. The first kappa shape index (κ1) is 17.3. The van der Waals surface area contributed by atoms with Gasteiger partial charge in [0.15, 0.2) is 0 Å². The van der Waals surface area contributed by atoms with E-state index in [1.54, 1.807) is 37.4 Å². The molecule has 1 aliphatic heterocycles. The Bertz CT molecular complexity index is 813. The van der Waals surface area contributed by atoms with Crippen LogP contribution in [0.4, 0.5) is 0 Å². The van der Waals surface area contributed by atoms with E-state index in [0.29, 0.717) is 15.8 Å². The predicted octanol–water partition coefficient (Wildman–Crippen LogP) is 3.65. The van der Waals surface area contributed by atoms with Gasteiger partial charge in [-0.2, -0.15) is 0 Å². The Balaban J connectivity index is 2.03. The van der Waals surface area contributed by atoms with Crippen LogP contribution in [0.2, 0.25) is 5.02 Å². The molecule has 3 rings (SSSR count). The number of rotatable bonds is 4. The summed E-state index contributed by atoms with van der Waals surface area (Å²) >= 11 is 5.86. The molecule has 0 atom stereocenters. The summed E-state index contributed by atoms with van der Waals surface area (Å²) in [6.45, 7) is 1.87. The molecule has 0 spiro atoms. The van der Waals surface area contributed by atoms with E-state index < -0.39 is 9.84 Å². The van der Waals surface area contributed by atoms with E-state index >= 15 is 0 Å². The third-order valence-electron chi connectivity index (χ3n) is 4.41. The van der Waals surface area contributed by atoms with Gasteiger partial charge in [0.1, 0.15) is 5.75 Å². The maximum atomic E-state index is 12.9. The van der Waals surface area contributed by atoms with Gasteiger partial charge >= 0.3 is 0 Å². The Hall–Kier alpha value is -1.56. The monoisotopic (exact) mass is 365 g/mol. The topological polar surface area (TPSA) is 55.4 Å². The van der Waals surface area contributed by atoms with Crippen LogP contribution in [0.5, 0.6) is 5.75 Å². The second-order valence-corrected chi connectivity index (χ2v) is 8.27. The van der Waals surface area contributed by atoms with E-state index in [4.69, 9.17) is 16.3 Å². The fourth-order valence-electron chi connectivity index (χ4n) is 3.08. The highest BCUT2D eigenvalue weighted by Gasteiger charge is 2.23. The summed E-state index contributed by atoms with van der Waals surface area (Å²) in [7, 11) is -1.95. The zero-order valence-electron chi connectivity index (χ0n) is 13.5. The van der Waals surface area contributed by atoms with Gasteiger partial charge in [-0.15, -0.1) is 0 Å². The summed E-state index contributed by atoms with van der Waals surface area (Å²) in [6.07, 6.45) is 1.95. The van der Waals surface area contributed by atoms with E-state index in [1.165, 1.54) is 12.1 Å². The molecule has 0 radical (unpaired) electrons. The SMILES string of the molecule is COc1ccc(S(=O)(=O)c2ccc(Cl)cc2)cc1C1CCNCC1. The number of methoxy groups -OCH3 is 1. The first-order chi connectivity index (χ1) is 11.5. The number of sulfone groups is 1. The summed E-state index contributed by atoms with van der Waals surface area (Å²) in [5.41, 5.74) is 0.967. The van der Waals surface area contributed by atoms with Crippen molar-refractivity contribution in [1.29, 1.82) is 0 Å². The highest BCUT2D eigenvalue weighted by molar-refractivity contribution is 7.91. The zero-order chi connectivity index (χ0) is 17.2. The Morgan fingerprint density at radius 1 is 1.04 bits per heavy atom. The van der Waals surface area contributed by atoms with E-state index in [0.717, 1.165) is 37.2 Å². The molecule has 4 nitrogen and oxygen atoms in total. The van der Waals surface area contributed by atoms with Crippen molar-refractivity contribution >= 4 is 21.4 Å². The minimum Gasteiger partial charge on any atom is -0.496 e. The molecule has 0 aliphatic carbocycles. The van der Waals surface area contributed by atoms with Gasteiger partial charge in [0, 0.05) is 5.02 Å². The van der Waals surface area contributed by atoms with Crippen LogP contribution in [0.3, 0.4) is 0 Å². The average molecular weight is 366 g/mol. The summed E-state index contributed by atoms with van der Waals surface area (Å²) < 4.78 is 31.2. The number of piperidine rings is 1. The van der Waals surface area contributed by atoms with Crippen molar-refractivity contribution in [2.45, 2.75) is 28.6 Å². The molecule has 2 aromatic rings. The van der Waals surface area contributed by atoms with E-state index in [9.17, 15) is 8.42 Å².